The fraction of sp³-hybridized carbons (Fsp3) is 1.00. The van der Waals surface area contributed by atoms with E-state index in [2.05, 4.69) is 29.1 Å². The Morgan fingerprint density at radius 2 is 1.82 bits per heavy atom. The summed E-state index contributed by atoms with van der Waals surface area (Å²) in [7, 11) is 2.20. The van der Waals surface area contributed by atoms with Crippen molar-refractivity contribution in [2.24, 2.45) is 0 Å². The molecule has 4 heteroatoms. The average molecular weight is 241 g/mol. The number of rotatable bonds is 5. The van der Waals surface area contributed by atoms with Crippen LogP contribution in [0.5, 0.6) is 0 Å². The van der Waals surface area contributed by atoms with Gasteiger partial charge in [-0.3, -0.25) is 4.90 Å². The largest absolute Gasteiger partial charge is 0.372 e. The van der Waals surface area contributed by atoms with Crippen molar-refractivity contribution in [1.82, 2.24) is 15.1 Å². The van der Waals surface area contributed by atoms with E-state index in [0.29, 0.717) is 12.2 Å². The third kappa shape index (κ3) is 4.21. The summed E-state index contributed by atoms with van der Waals surface area (Å²) >= 11 is 0. The smallest absolute Gasteiger partial charge is 0.0707 e. The number of hydrogen-bond donors (Lipinski definition) is 1. The lowest BCUT2D eigenvalue weighted by Crippen LogP contribution is -2.47. The number of likely N-dealkylation sites (N-methyl/N-ethyl adjacent to an activating group) is 2. The molecule has 0 aliphatic carbocycles. The summed E-state index contributed by atoms with van der Waals surface area (Å²) in [5.41, 5.74) is 0. The first-order valence-corrected chi connectivity index (χ1v) is 7.05. The Labute approximate surface area is 105 Å². The molecule has 100 valence electrons. The molecular weight excluding hydrogens is 214 g/mol. The van der Waals surface area contributed by atoms with Gasteiger partial charge in [0, 0.05) is 39.3 Å². The fourth-order valence-corrected chi connectivity index (χ4v) is 2.69. The Hall–Kier alpha value is -0.160. The molecule has 0 radical (unpaired) electrons. The molecule has 17 heavy (non-hydrogen) atoms. The SMILES string of the molecule is CCNCC1CCC(CN2CCN(C)CC2)O1. The fourth-order valence-electron chi connectivity index (χ4n) is 2.69. The predicted octanol–water partition coefficient (Wildman–Crippen LogP) is 0.391. The molecule has 2 aliphatic heterocycles. The van der Waals surface area contributed by atoms with Crippen molar-refractivity contribution < 1.29 is 4.74 Å². The maximum atomic E-state index is 6.08. The highest BCUT2D eigenvalue weighted by atomic mass is 16.5. The Balaban J connectivity index is 1.64. The number of ether oxygens (including phenoxy) is 1. The topological polar surface area (TPSA) is 27.7 Å². The van der Waals surface area contributed by atoms with Gasteiger partial charge in [0.25, 0.3) is 0 Å². The van der Waals surface area contributed by atoms with Crippen LogP contribution in [0.25, 0.3) is 0 Å². The summed E-state index contributed by atoms with van der Waals surface area (Å²) in [5.74, 6) is 0. The van der Waals surface area contributed by atoms with E-state index in [1.165, 1.54) is 39.0 Å². The van der Waals surface area contributed by atoms with Crippen LogP contribution in [0.15, 0.2) is 0 Å². The van der Waals surface area contributed by atoms with E-state index >= 15 is 0 Å². The zero-order valence-corrected chi connectivity index (χ0v) is 11.3. The van der Waals surface area contributed by atoms with E-state index in [0.717, 1.165) is 19.6 Å². The molecule has 0 aromatic carbocycles. The molecule has 0 spiro atoms. The second-order valence-corrected chi connectivity index (χ2v) is 5.37. The summed E-state index contributed by atoms with van der Waals surface area (Å²) < 4.78 is 6.08. The Bertz CT molecular complexity index is 217. The molecule has 0 saturated carbocycles. The van der Waals surface area contributed by atoms with Crippen molar-refractivity contribution >= 4 is 0 Å². The van der Waals surface area contributed by atoms with Crippen molar-refractivity contribution in [3.8, 4) is 0 Å². The molecule has 0 amide bonds. The molecule has 0 bridgehead atoms. The van der Waals surface area contributed by atoms with Crippen LogP contribution in [0.2, 0.25) is 0 Å². The molecule has 2 unspecified atom stereocenters. The van der Waals surface area contributed by atoms with E-state index in [1.807, 2.05) is 0 Å². The summed E-state index contributed by atoms with van der Waals surface area (Å²) in [4.78, 5) is 4.96. The minimum atomic E-state index is 0.451. The lowest BCUT2D eigenvalue weighted by molar-refractivity contribution is 0.0149. The Kier molecular flexibility index (Phi) is 5.22. The zero-order valence-electron chi connectivity index (χ0n) is 11.3. The Morgan fingerprint density at radius 1 is 1.12 bits per heavy atom. The summed E-state index contributed by atoms with van der Waals surface area (Å²) in [6.45, 7) is 10.2. The quantitative estimate of drug-likeness (QED) is 0.754. The van der Waals surface area contributed by atoms with Gasteiger partial charge in [0.1, 0.15) is 0 Å². The minimum Gasteiger partial charge on any atom is -0.372 e. The van der Waals surface area contributed by atoms with Crippen molar-refractivity contribution in [3.63, 3.8) is 0 Å². The first-order valence-electron chi connectivity index (χ1n) is 7.05. The van der Waals surface area contributed by atoms with Crippen molar-refractivity contribution in [1.29, 1.82) is 0 Å². The maximum absolute atomic E-state index is 6.08. The van der Waals surface area contributed by atoms with Crippen LogP contribution in [-0.4, -0.2) is 74.9 Å². The monoisotopic (exact) mass is 241 g/mol. The standard InChI is InChI=1S/C13H27N3O/c1-3-14-10-12-4-5-13(17-12)11-16-8-6-15(2)7-9-16/h12-14H,3-11H2,1-2H3. The van der Waals surface area contributed by atoms with Gasteiger partial charge in [-0.1, -0.05) is 6.92 Å². The predicted molar refractivity (Wildman–Crippen MR) is 70.4 cm³/mol. The molecule has 2 atom stereocenters. The first-order chi connectivity index (χ1) is 8.28. The molecule has 2 heterocycles. The average Bonchev–Trinajstić information content (AvgIpc) is 2.77. The van der Waals surface area contributed by atoms with Crippen molar-refractivity contribution in [2.45, 2.75) is 32.0 Å². The lowest BCUT2D eigenvalue weighted by Gasteiger charge is -2.33. The maximum Gasteiger partial charge on any atom is 0.0707 e. The molecular formula is C13H27N3O. The van der Waals surface area contributed by atoms with Gasteiger partial charge in [-0.25, -0.2) is 0 Å². The Morgan fingerprint density at radius 3 is 2.53 bits per heavy atom. The number of piperazine rings is 1. The van der Waals surface area contributed by atoms with Crippen LogP contribution in [0.1, 0.15) is 19.8 Å². The van der Waals surface area contributed by atoms with E-state index in [9.17, 15) is 0 Å². The summed E-state index contributed by atoms with van der Waals surface area (Å²) in [5, 5.41) is 3.37. The molecule has 0 aromatic heterocycles. The van der Waals surface area contributed by atoms with Gasteiger partial charge >= 0.3 is 0 Å². The van der Waals surface area contributed by atoms with Gasteiger partial charge in [0.2, 0.25) is 0 Å². The third-order valence-corrected chi connectivity index (χ3v) is 3.88. The highest BCUT2D eigenvalue weighted by Crippen LogP contribution is 2.20. The van der Waals surface area contributed by atoms with Crippen LogP contribution < -0.4 is 5.32 Å². The molecule has 2 saturated heterocycles. The first kappa shape index (κ1) is 13.3. The molecule has 2 rings (SSSR count). The number of nitrogens with one attached hydrogen (secondary N) is 1. The second kappa shape index (κ2) is 6.69. The van der Waals surface area contributed by atoms with E-state index in [-0.39, 0.29) is 0 Å². The van der Waals surface area contributed by atoms with E-state index in [1.54, 1.807) is 0 Å². The summed E-state index contributed by atoms with van der Waals surface area (Å²) in [6.07, 6.45) is 3.39. The van der Waals surface area contributed by atoms with Crippen LogP contribution in [0, 0.1) is 0 Å². The summed E-state index contributed by atoms with van der Waals surface area (Å²) in [6, 6.07) is 0. The minimum absolute atomic E-state index is 0.451. The normalized spacial score (nSPS) is 32.1. The highest BCUT2D eigenvalue weighted by molar-refractivity contribution is 4.79. The van der Waals surface area contributed by atoms with E-state index < -0.39 is 0 Å². The number of nitrogens with zero attached hydrogens (tertiary/aromatic N) is 2. The van der Waals surface area contributed by atoms with Gasteiger partial charge in [0.05, 0.1) is 12.2 Å². The highest BCUT2D eigenvalue weighted by Gasteiger charge is 2.27. The van der Waals surface area contributed by atoms with Gasteiger partial charge in [-0.2, -0.15) is 0 Å². The van der Waals surface area contributed by atoms with Crippen molar-refractivity contribution in [2.75, 3.05) is 52.9 Å². The van der Waals surface area contributed by atoms with Gasteiger partial charge in [-0.15, -0.1) is 0 Å². The van der Waals surface area contributed by atoms with Crippen molar-refractivity contribution in [3.05, 3.63) is 0 Å². The zero-order chi connectivity index (χ0) is 12.1. The number of hydrogen-bond acceptors (Lipinski definition) is 4. The molecule has 1 N–H and O–H groups in total. The second-order valence-electron chi connectivity index (χ2n) is 5.37. The van der Waals surface area contributed by atoms with Gasteiger partial charge < -0.3 is 15.0 Å². The van der Waals surface area contributed by atoms with E-state index in [4.69, 9.17) is 4.74 Å². The third-order valence-electron chi connectivity index (χ3n) is 3.88. The lowest BCUT2D eigenvalue weighted by atomic mass is 10.2. The molecule has 0 aromatic rings. The van der Waals surface area contributed by atoms with Crippen LogP contribution in [-0.2, 0) is 4.74 Å². The molecule has 4 nitrogen and oxygen atoms in total. The van der Waals surface area contributed by atoms with Crippen LogP contribution >= 0.6 is 0 Å². The van der Waals surface area contributed by atoms with Gasteiger partial charge in [0.15, 0.2) is 0 Å². The van der Waals surface area contributed by atoms with Crippen LogP contribution in [0.3, 0.4) is 0 Å². The molecule has 2 fully saturated rings. The van der Waals surface area contributed by atoms with Crippen LogP contribution in [0.4, 0.5) is 0 Å². The molecule has 2 aliphatic rings. The van der Waals surface area contributed by atoms with Gasteiger partial charge in [-0.05, 0) is 26.4 Å².